The van der Waals surface area contributed by atoms with Crippen molar-refractivity contribution in [2.75, 3.05) is 0 Å². The number of nitrogens with zero attached hydrogens (tertiary/aromatic N) is 3. The Bertz CT molecular complexity index is 489. The van der Waals surface area contributed by atoms with Gasteiger partial charge in [0.25, 0.3) is 0 Å². The highest BCUT2D eigenvalue weighted by Gasteiger charge is 2.08. The summed E-state index contributed by atoms with van der Waals surface area (Å²) in [4.78, 5) is 5.75. The van der Waals surface area contributed by atoms with Crippen molar-refractivity contribution in [2.24, 2.45) is 0 Å². The minimum Gasteiger partial charge on any atom is -0.304 e. The first-order chi connectivity index (χ1) is 8.72. The SMILES string of the molecule is CCc1cnc(CNC(C)c2cnn(CC)c2)s1. The Morgan fingerprint density at radius 1 is 1.39 bits per heavy atom. The molecular weight excluding hydrogens is 244 g/mol. The van der Waals surface area contributed by atoms with Gasteiger partial charge in [0.1, 0.15) is 5.01 Å². The number of aryl methyl sites for hydroxylation is 2. The van der Waals surface area contributed by atoms with Crippen LogP contribution in [0.1, 0.15) is 42.3 Å². The molecule has 0 aliphatic rings. The van der Waals surface area contributed by atoms with Gasteiger partial charge in [0.05, 0.1) is 6.20 Å². The zero-order valence-electron chi connectivity index (χ0n) is 11.2. The van der Waals surface area contributed by atoms with Crippen LogP contribution in [0.5, 0.6) is 0 Å². The van der Waals surface area contributed by atoms with Crippen LogP contribution in [0.15, 0.2) is 18.6 Å². The third-order valence-corrected chi connectivity index (χ3v) is 4.13. The third kappa shape index (κ3) is 3.17. The molecule has 18 heavy (non-hydrogen) atoms. The summed E-state index contributed by atoms with van der Waals surface area (Å²) in [7, 11) is 0. The Morgan fingerprint density at radius 2 is 2.22 bits per heavy atom. The Hall–Kier alpha value is -1.20. The zero-order valence-corrected chi connectivity index (χ0v) is 12.0. The van der Waals surface area contributed by atoms with Crippen molar-refractivity contribution in [3.63, 3.8) is 0 Å². The van der Waals surface area contributed by atoms with Gasteiger partial charge >= 0.3 is 0 Å². The van der Waals surface area contributed by atoms with Crippen molar-refractivity contribution < 1.29 is 0 Å². The molecule has 0 aliphatic carbocycles. The summed E-state index contributed by atoms with van der Waals surface area (Å²) in [5.74, 6) is 0. The van der Waals surface area contributed by atoms with Gasteiger partial charge in [-0.05, 0) is 20.3 Å². The van der Waals surface area contributed by atoms with E-state index in [0.29, 0.717) is 6.04 Å². The first-order valence-electron chi connectivity index (χ1n) is 6.42. The Balaban J connectivity index is 1.89. The number of rotatable bonds is 6. The summed E-state index contributed by atoms with van der Waals surface area (Å²) in [6.45, 7) is 8.15. The molecule has 4 nitrogen and oxygen atoms in total. The lowest BCUT2D eigenvalue weighted by molar-refractivity contribution is 0.571. The number of thiazole rings is 1. The Labute approximate surface area is 112 Å². The monoisotopic (exact) mass is 264 g/mol. The smallest absolute Gasteiger partial charge is 0.107 e. The molecule has 0 aliphatic heterocycles. The van der Waals surface area contributed by atoms with E-state index in [0.717, 1.165) is 24.5 Å². The van der Waals surface area contributed by atoms with Gasteiger partial charge in [0.15, 0.2) is 0 Å². The fourth-order valence-corrected chi connectivity index (χ4v) is 2.54. The van der Waals surface area contributed by atoms with Crippen molar-refractivity contribution in [3.05, 3.63) is 34.0 Å². The minimum atomic E-state index is 0.305. The van der Waals surface area contributed by atoms with E-state index in [1.807, 2.05) is 17.1 Å². The summed E-state index contributed by atoms with van der Waals surface area (Å²) in [6.07, 6.45) is 7.06. The van der Waals surface area contributed by atoms with Crippen LogP contribution in [0.25, 0.3) is 0 Å². The third-order valence-electron chi connectivity index (χ3n) is 2.99. The number of hydrogen-bond acceptors (Lipinski definition) is 4. The summed E-state index contributed by atoms with van der Waals surface area (Å²) in [6, 6.07) is 0.305. The molecule has 2 aromatic heterocycles. The molecule has 98 valence electrons. The fourth-order valence-electron chi connectivity index (χ4n) is 1.73. The number of hydrogen-bond donors (Lipinski definition) is 1. The maximum Gasteiger partial charge on any atom is 0.107 e. The van der Waals surface area contributed by atoms with Gasteiger partial charge in [-0.15, -0.1) is 11.3 Å². The standard InChI is InChI=1S/C13H20N4S/c1-4-12-7-15-13(18-12)8-14-10(3)11-6-16-17(5-2)9-11/h6-7,9-10,14H,4-5,8H2,1-3H3. The van der Waals surface area contributed by atoms with Crippen molar-refractivity contribution in [3.8, 4) is 0 Å². The molecule has 5 heteroatoms. The highest BCUT2D eigenvalue weighted by atomic mass is 32.1. The van der Waals surface area contributed by atoms with E-state index in [1.54, 1.807) is 11.3 Å². The van der Waals surface area contributed by atoms with E-state index in [9.17, 15) is 0 Å². The molecule has 0 radical (unpaired) electrons. The molecule has 1 unspecified atom stereocenters. The van der Waals surface area contributed by atoms with Crippen molar-refractivity contribution >= 4 is 11.3 Å². The van der Waals surface area contributed by atoms with Gasteiger partial charge in [-0.1, -0.05) is 6.92 Å². The lowest BCUT2D eigenvalue weighted by Crippen LogP contribution is -2.17. The predicted molar refractivity (Wildman–Crippen MR) is 74.6 cm³/mol. The van der Waals surface area contributed by atoms with E-state index >= 15 is 0 Å². The summed E-state index contributed by atoms with van der Waals surface area (Å²) in [5, 5.41) is 8.93. The molecule has 0 spiro atoms. The summed E-state index contributed by atoms with van der Waals surface area (Å²) < 4.78 is 1.95. The Morgan fingerprint density at radius 3 is 2.83 bits per heavy atom. The quantitative estimate of drug-likeness (QED) is 0.872. The molecule has 0 saturated heterocycles. The first-order valence-corrected chi connectivity index (χ1v) is 7.23. The van der Waals surface area contributed by atoms with Crippen molar-refractivity contribution in [1.29, 1.82) is 0 Å². The lowest BCUT2D eigenvalue weighted by atomic mass is 10.2. The second-order valence-corrected chi connectivity index (χ2v) is 5.51. The normalized spacial score (nSPS) is 12.8. The van der Waals surface area contributed by atoms with Gasteiger partial charge in [0.2, 0.25) is 0 Å². The number of nitrogens with one attached hydrogen (secondary N) is 1. The molecular formula is C13H20N4S. The molecule has 0 fully saturated rings. The van der Waals surface area contributed by atoms with Gasteiger partial charge in [-0.25, -0.2) is 4.98 Å². The average Bonchev–Trinajstić information content (AvgIpc) is 3.04. The van der Waals surface area contributed by atoms with Crippen LogP contribution in [0, 0.1) is 0 Å². The molecule has 2 aromatic rings. The van der Waals surface area contributed by atoms with Gasteiger partial charge in [-0.3, -0.25) is 4.68 Å². The van der Waals surface area contributed by atoms with Crippen LogP contribution < -0.4 is 5.32 Å². The minimum absolute atomic E-state index is 0.305. The maximum absolute atomic E-state index is 4.41. The highest BCUT2D eigenvalue weighted by Crippen LogP contribution is 2.16. The molecule has 0 amide bonds. The van der Waals surface area contributed by atoms with Crippen molar-refractivity contribution in [2.45, 2.75) is 46.3 Å². The molecule has 1 N–H and O–H groups in total. The largest absolute Gasteiger partial charge is 0.304 e. The van der Waals surface area contributed by atoms with Gasteiger partial charge < -0.3 is 5.32 Å². The van der Waals surface area contributed by atoms with E-state index < -0.39 is 0 Å². The summed E-state index contributed by atoms with van der Waals surface area (Å²) >= 11 is 1.79. The van der Waals surface area contributed by atoms with Crippen LogP contribution in [-0.2, 0) is 19.5 Å². The molecule has 0 aromatic carbocycles. The van der Waals surface area contributed by atoms with Crippen LogP contribution in [-0.4, -0.2) is 14.8 Å². The highest BCUT2D eigenvalue weighted by molar-refractivity contribution is 7.11. The van der Waals surface area contributed by atoms with E-state index in [2.05, 4.69) is 42.4 Å². The van der Waals surface area contributed by atoms with Crippen LogP contribution >= 0.6 is 11.3 Å². The zero-order chi connectivity index (χ0) is 13.0. The van der Waals surface area contributed by atoms with E-state index in [1.165, 1.54) is 10.4 Å². The first kappa shape index (κ1) is 13.2. The van der Waals surface area contributed by atoms with Gasteiger partial charge in [0, 0.05) is 42.0 Å². The molecule has 2 rings (SSSR count). The average molecular weight is 264 g/mol. The topological polar surface area (TPSA) is 42.7 Å². The van der Waals surface area contributed by atoms with Crippen molar-refractivity contribution in [1.82, 2.24) is 20.1 Å². The van der Waals surface area contributed by atoms with E-state index in [4.69, 9.17) is 0 Å². The van der Waals surface area contributed by atoms with Gasteiger partial charge in [-0.2, -0.15) is 5.10 Å². The van der Waals surface area contributed by atoms with Crippen LogP contribution in [0.4, 0.5) is 0 Å². The fraction of sp³-hybridized carbons (Fsp3) is 0.538. The molecule has 0 bridgehead atoms. The number of aromatic nitrogens is 3. The van der Waals surface area contributed by atoms with Crippen LogP contribution in [0.3, 0.4) is 0 Å². The summed E-state index contributed by atoms with van der Waals surface area (Å²) in [5.41, 5.74) is 1.23. The Kier molecular flexibility index (Phi) is 4.49. The molecule has 0 saturated carbocycles. The lowest BCUT2D eigenvalue weighted by Gasteiger charge is -2.10. The maximum atomic E-state index is 4.41. The van der Waals surface area contributed by atoms with E-state index in [-0.39, 0.29) is 0 Å². The van der Waals surface area contributed by atoms with Crippen LogP contribution in [0.2, 0.25) is 0 Å². The molecule has 1 atom stereocenters. The second kappa shape index (κ2) is 6.11. The second-order valence-electron chi connectivity index (χ2n) is 4.31. The predicted octanol–water partition coefficient (Wildman–Crippen LogP) is 2.77. The molecule has 2 heterocycles.